The second-order valence-electron chi connectivity index (χ2n) is 6.51. The highest BCUT2D eigenvalue weighted by molar-refractivity contribution is 7.92. The highest BCUT2D eigenvalue weighted by Crippen LogP contribution is 2.38. The van der Waals surface area contributed by atoms with Crippen molar-refractivity contribution >= 4 is 33.2 Å². The molecule has 2 rings (SSSR count). The zero-order valence-corrected chi connectivity index (χ0v) is 19.1. The molecule has 30 heavy (non-hydrogen) atoms. The maximum Gasteiger partial charge on any atom is 0.241 e. The first-order valence-corrected chi connectivity index (χ1v) is 11.1. The minimum Gasteiger partial charge on any atom is -0.493 e. The Morgan fingerprint density at radius 2 is 1.67 bits per heavy atom. The predicted molar refractivity (Wildman–Crippen MR) is 116 cm³/mol. The maximum absolute atomic E-state index is 12.5. The molecule has 0 unspecified atom stereocenters. The number of aryl methyl sites for hydroxylation is 1. The van der Waals surface area contributed by atoms with E-state index in [9.17, 15) is 13.2 Å². The summed E-state index contributed by atoms with van der Waals surface area (Å²) in [5, 5.41) is 3.20. The molecule has 0 aromatic heterocycles. The molecular formula is C20H25ClN2O6S. The lowest BCUT2D eigenvalue weighted by Gasteiger charge is -2.24. The van der Waals surface area contributed by atoms with Crippen LogP contribution in [0.25, 0.3) is 0 Å². The van der Waals surface area contributed by atoms with Crippen LogP contribution in [-0.4, -0.2) is 48.5 Å². The first-order valence-electron chi connectivity index (χ1n) is 8.90. The van der Waals surface area contributed by atoms with Gasteiger partial charge in [-0.1, -0.05) is 11.6 Å². The third-order valence-corrected chi connectivity index (χ3v) is 5.69. The van der Waals surface area contributed by atoms with Gasteiger partial charge in [0.05, 0.1) is 33.3 Å². The van der Waals surface area contributed by atoms with E-state index in [0.717, 1.165) is 10.6 Å². The minimum absolute atomic E-state index is 0.146. The Kier molecular flexibility index (Phi) is 7.80. The van der Waals surface area contributed by atoms with Crippen molar-refractivity contribution in [3.05, 3.63) is 46.5 Å². The summed E-state index contributed by atoms with van der Waals surface area (Å²) in [4.78, 5) is 12.5. The average molecular weight is 457 g/mol. The molecule has 0 spiro atoms. The van der Waals surface area contributed by atoms with Gasteiger partial charge in [-0.05, 0) is 48.4 Å². The van der Waals surface area contributed by atoms with E-state index < -0.39 is 15.9 Å². The number of carbonyl (C=O) groups is 1. The van der Waals surface area contributed by atoms with E-state index in [1.807, 2.05) is 0 Å². The number of sulfonamides is 1. The highest BCUT2D eigenvalue weighted by Gasteiger charge is 2.22. The van der Waals surface area contributed by atoms with Crippen molar-refractivity contribution in [1.82, 2.24) is 5.32 Å². The molecule has 8 nitrogen and oxygen atoms in total. The van der Waals surface area contributed by atoms with Crippen LogP contribution in [0.1, 0.15) is 11.1 Å². The second kappa shape index (κ2) is 9.90. The van der Waals surface area contributed by atoms with Gasteiger partial charge in [0, 0.05) is 11.6 Å². The smallest absolute Gasteiger partial charge is 0.241 e. The summed E-state index contributed by atoms with van der Waals surface area (Å²) in [5.74, 6) is 0.881. The van der Waals surface area contributed by atoms with Crippen molar-refractivity contribution in [2.45, 2.75) is 13.5 Å². The zero-order valence-electron chi connectivity index (χ0n) is 17.5. The van der Waals surface area contributed by atoms with Crippen LogP contribution in [0.3, 0.4) is 0 Å². The van der Waals surface area contributed by atoms with Crippen LogP contribution in [-0.2, 0) is 21.4 Å². The Balaban J connectivity index is 2.19. The molecule has 2 aromatic rings. The maximum atomic E-state index is 12.5. The topological polar surface area (TPSA) is 94.2 Å². The summed E-state index contributed by atoms with van der Waals surface area (Å²) in [5.41, 5.74) is 1.74. The number of hydrogen-bond donors (Lipinski definition) is 1. The third-order valence-electron chi connectivity index (χ3n) is 4.33. The Labute approximate surface area is 181 Å². The van der Waals surface area contributed by atoms with Crippen LogP contribution < -0.4 is 23.8 Å². The number of rotatable bonds is 9. The molecule has 2 aromatic carbocycles. The van der Waals surface area contributed by atoms with Crippen molar-refractivity contribution < 1.29 is 27.4 Å². The SMILES string of the molecule is COc1cc(CNC(=O)CN(c2ccc(Cl)cc2C)S(C)(=O)=O)cc(OC)c1OC. The van der Waals surface area contributed by atoms with Gasteiger partial charge in [-0.2, -0.15) is 0 Å². The first kappa shape index (κ1) is 23.6. The van der Waals surface area contributed by atoms with Crippen LogP contribution in [0.4, 0.5) is 5.69 Å². The van der Waals surface area contributed by atoms with Crippen molar-refractivity contribution in [1.29, 1.82) is 0 Å². The summed E-state index contributed by atoms with van der Waals surface area (Å²) in [6, 6.07) is 8.21. The lowest BCUT2D eigenvalue weighted by atomic mass is 10.1. The monoisotopic (exact) mass is 456 g/mol. The molecule has 0 atom stereocenters. The molecule has 0 aliphatic heterocycles. The fourth-order valence-corrected chi connectivity index (χ4v) is 4.04. The van der Waals surface area contributed by atoms with Gasteiger partial charge in [0.15, 0.2) is 11.5 Å². The first-order chi connectivity index (χ1) is 14.1. The molecule has 1 amide bonds. The van der Waals surface area contributed by atoms with Gasteiger partial charge in [0.2, 0.25) is 21.7 Å². The fourth-order valence-electron chi connectivity index (χ4n) is 2.90. The molecule has 0 bridgehead atoms. The largest absolute Gasteiger partial charge is 0.493 e. The van der Waals surface area contributed by atoms with E-state index in [4.69, 9.17) is 25.8 Å². The Bertz CT molecular complexity index is 1000. The van der Waals surface area contributed by atoms with Crippen molar-refractivity contribution in [2.75, 3.05) is 38.4 Å². The number of anilines is 1. The molecule has 0 aliphatic rings. The molecule has 0 radical (unpaired) electrons. The quantitative estimate of drug-likeness (QED) is 0.623. The van der Waals surface area contributed by atoms with E-state index in [-0.39, 0.29) is 13.1 Å². The second-order valence-corrected chi connectivity index (χ2v) is 8.85. The van der Waals surface area contributed by atoms with Gasteiger partial charge in [-0.25, -0.2) is 8.42 Å². The Morgan fingerprint density at radius 3 is 2.13 bits per heavy atom. The van der Waals surface area contributed by atoms with Crippen molar-refractivity contribution in [3.8, 4) is 17.2 Å². The van der Waals surface area contributed by atoms with Gasteiger partial charge in [-0.3, -0.25) is 9.10 Å². The number of methoxy groups -OCH3 is 3. The van der Waals surface area contributed by atoms with Gasteiger partial charge in [0.1, 0.15) is 6.54 Å². The van der Waals surface area contributed by atoms with Crippen molar-refractivity contribution in [3.63, 3.8) is 0 Å². The standard InChI is InChI=1S/C20H25ClN2O6S/c1-13-8-15(21)6-7-16(13)23(30(5,25)26)12-19(24)22-11-14-9-17(27-2)20(29-4)18(10-14)28-3/h6-10H,11-12H2,1-5H3,(H,22,24). The molecule has 164 valence electrons. The fraction of sp³-hybridized carbons (Fsp3) is 0.350. The van der Waals surface area contributed by atoms with Crippen LogP contribution in [0.5, 0.6) is 17.2 Å². The van der Waals surface area contributed by atoms with E-state index in [0.29, 0.717) is 39.1 Å². The molecule has 1 N–H and O–H groups in total. The number of amides is 1. The van der Waals surface area contributed by atoms with E-state index in [2.05, 4.69) is 5.32 Å². The van der Waals surface area contributed by atoms with Crippen LogP contribution in [0.15, 0.2) is 30.3 Å². The van der Waals surface area contributed by atoms with E-state index in [1.165, 1.54) is 21.3 Å². The van der Waals surface area contributed by atoms with Crippen LogP contribution in [0.2, 0.25) is 5.02 Å². The lowest BCUT2D eigenvalue weighted by molar-refractivity contribution is -0.119. The van der Waals surface area contributed by atoms with Gasteiger partial charge < -0.3 is 19.5 Å². The van der Waals surface area contributed by atoms with Gasteiger partial charge in [0.25, 0.3) is 0 Å². The molecule has 0 heterocycles. The lowest BCUT2D eigenvalue weighted by Crippen LogP contribution is -2.40. The Hall–Kier alpha value is -2.65. The Morgan fingerprint density at radius 1 is 1.07 bits per heavy atom. The normalized spacial score (nSPS) is 11.0. The molecule has 0 aliphatic carbocycles. The number of hydrogen-bond acceptors (Lipinski definition) is 6. The highest BCUT2D eigenvalue weighted by atomic mass is 35.5. The average Bonchev–Trinajstić information content (AvgIpc) is 2.69. The third kappa shape index (κ3) is 5.70. The summed E-state index contributed by atoms with van der Waals surface area (Å²) in [7, 11) is 0.808. The molecule has 0 saturated heterocycles. The predicted octanol–water partition coefficient (Wildman–Crippen LogP) is 2.76. The molecule has 10 heteroatoms. The van der Waals surface area contributed by atoms with Gasteiger partial charge in [-0.15, -0.1) is 0 Å². The molecule has 0 saturated carbocycles. The number of nitrogens with one attached hydrogen (secondary N) is 1. The summed E-state index contributed by atoms with van der Waals surface area (Å²) in [6.45, 7) is 1.51. The molecule has 0 fully saturated rings. The number of halogens is 1. The summed E-state index contributed by atoms with van der Waals surface area (Å²) in [6.07, 6.45) is 1.05. The number of carbonyl (C=O) groups excluding carboxylic acids is 1. The van der Waals surface area contributed by atoms with Crippen LogP contribution >= 0.6 is 11.6 Å². The number of ether oxygens (including phenoxy) is 3. The summed E-state index contributed by atoms with van der Waals surface area (Å²) >= 11 is 5.95. The van der Waals surface area contributed by atoms with Crippen LogP contribution in [0, 0.1) is 6.92 Å². The number of nitrogens with zero attached hydrogens (tertiary/aromatic N) is 1. The number of benzene rings is 2. The zero-order chi connectivity index (χ0) is 22.5. The van der Waals surface area contributed by atoms with Crippen molar-refractivity contribution in [2.24, 2.45) is 0 Å². The van der Waals surface area contributed by atoms with E-state index in [1.54, 1.807) is 37.3 Å². The summed E-state index contributed by atoms with van der Waals surface area (Å²) < 4.78 is 41.5. The molecular weight excluding hydrogens is 432 g/mol. The van der Waals surface area contributed by atoms with E-state index >= 15 is 0 Å². The minimum atomic E-state index is -3.69. The van der Waals surface area contributed by atoms with Gasteiger partial charge >= 0.3 is 0 Å².